The number of nitrogens with one attached hydrogen (secondary N) is 1. The molecule has 5 N–H and O–H groups in total. The smallest absolute Gasteiger partial charge is 0.0543 e. The Labute approximate surface area is 75.9 Å². The maximum Gasteiger partial charge on any atom is 0.0543 e. The van der Waals surface area contributed by atoms with Crippen LogP contribution in [0.15, 0.2) is 0 Å². The fourth-order valence-electron chi connectivity index (χ4n) is 1.05. The van der Waals surface area contributed by atoms with Crippen LogP contribution in [-0.2, 0) is 0 Å². The molecule has 0 bridgehead atoms. The maximum atomic E-state index is 5.68. The topological polar surface area (TPSA) is 64.1 Å². The van der Waals surface area contributed by atoms with Crippen molar-refractivity contribution in [1.82, 2.24) is 5.32 Å². The van der Waals surface area contributed by atoms with Gasteiger partial charge in [-0.2, -0.15) is 0 Å². The normalized spacial score (nSPS) is 13.2. The van der Waals surface area contributed by atoms with E-state index in [0.717, 1.165) is 25.9 Å². The van der Waals surface area contributed by atoms with Gasteiger partial charge in [-0.15, -0.1) is 0 Å². The average Bonchev–Trinajstić information content (AvgIpc) is 2.10. The summed E-state index contributed by atoms with van der Waals surface area (Å²) in [4.78, 5) is 0. The number of nitrogens with two attached hydrogens (primary N) is 2. The second kappa shape index (κ2) is 8.97. The Morgan fingerprint density at radius 3 is 2.42 bits per heavy atom. The monoisotopic (exact) mass is 173 g/mol. The number of rotatable bonds is 8. The Morgan fingerprint density at radius 1 is 1.17 bits per heavy atom. The molecular weight excluding hydrogens is 150 g/mol. The first-order valence-electron chi connectivity index (χ1n) is 5.00. The molecular formula is C9H23N3. The molecule has 0 rings (SSSR count). The van der Waals surface area contributed by atoms with Crippen LogP contribution in [0.1, 0.15) is 39.0 Å². The lowest BCUT2D eigenvalue weighted by atomic mass is 10.2. The second-order valence-corrected chi connectivity index (χ2v) is 3.17. The summed E-state index contributed by atoms with van der Waals surface area (Å²) < 4.78 is 0. The van der Waals surface area contributed by atoms with Crippen molar-refractivity contribution in [2.75, 3.05) is 13.1 Å². The Balaban J connectivity index is 2.90. The molecule has 3 nitrogen and oxygen atoms in total. The molecule has 74 valence electrons. The van der Waals surface area contributed by atoms with Gasteiger partial charge < -0.3 is 16.8 Å². The summed E-state index contributed by atoms with van der Waals surface area (Å²) in [7, 11) is 0. The van der Waals surface area contributed by atoms with Gasteiger partial charge in [0.15, 0.2) is 0 Å². The Hall–Kier alpha value is -0.120. The van der Waals surface area contributed by atoms with Crippen LogP contribution in [0.4, 0.5) is 0 Å². The molecule has 0 spiro atoms. The van der Waals surface area contributed by atoms with Gasteiger partial charge in [0.1, 0.15) is 0 Å². The molecule has 0 aliphatic rings. The molecule has 0 aromatic rings. The first kappa shape index (κ1) is 11.9. The van der Waals surface area contributed by atoms with Crippen molar-refractivity contribution in [1.29, 1.82) is 0 Å². The van der Waals surface area contributed by atoms with Crippen LogP contribution in [0.5, 0.6) is 0 Å². The van der Waals surface area contributed by atoms with Gasteiger partial charge in [0.2, 0.25) is 0 Å². The molecule has 0 aromatic heterocycles. The van der Waals surface area contributed by atoms with Gasteiger partial charge in [-0.25, -0.2) is 0 Å². The quantitative estimate of drug-likeness (QED) is 0.375. The van der Waals surface area contributed by atoms with E-state index in [1.807, 2.05) is 0 Å². The van der Waals surface area contributed by atoms with Gasteiger partial charge in [0, 0.05) is 0 Å². The minimum absolute atomic E-state index is 0.180. The van der Waals surface area contributed by atoms with Crippen molar-refractivity contribution in [2.24, 2.45) is 11.5 Å². The Kier molecular flexibility index (Phi) is 8.88. The summed E-state index contributed by atoms with van der Waals surface area (Å²) in [6.45, 7) is 3.95. The third-order valence-electron chi connectivity index (χ3n) is 1.98. The van der Waals surface area contributed by atoms with Gasteiger partial charge >= 0.3 is 0 Å². The maximum absolute atomic E-state index is 5.68. The summed E-state index contributed by atoms with van der Waals surface area (Å²) >= 11 is 0. The van der Waals surface area contributed by atoms with E-state index in [-0.39, 0.29) is 6.17 Å². The second-order valence-electron chi connectivity index (χ2n) is 3.17. The van der Waals surface area contributed by atoms with Crippen LogP contribution < -0.4 is 16.8 Å². The van der Waals surface area contributed by atoms with Crippen molar-refractivity contribution in [3.8, 4) is 0 Å². The zero-order valence-corrected chi connectivity index (χ0v) is 8.18. The highest BCUT2D eigenvalue weighted by Crippen LogP contribution is 1.97. The lowest BCUT2D eigenvalue weighted by Crippen LogP contribution is -2.37. The molecule has 1 unspecified atom stereocenters. The lowest BCUT2D eigenvalue weighted by Gasteiger charge is -2.10. The highest BCUT2D eigenvalue weighted by molar-refractivity contribution is 4.55. The van der Waals surface area contributed by atoms with Crippen molar-refractivity contribution in [3.05, 3.63) is 0 Å². The highest BCUT2D eigenvalue weighted by Gasteiger charge is 1.95. The van der Waals surface area contributed by atoms with E-state index in [2.05, 4.69) is 12.2 Å². The molecule has 12 heavy (non-hydrogen) atoms. The minimum Gasteiger partial charge on any atom is -0.330 e. The summed E-state index contributed by atoms with van der Waals surface area (Å²) in [5, 5.41) is 3.26. The van der Waals surface area contributed by atoms with E-state index in [1.165, 1.54) is 19.3 Å². The molecule has 0 saturated heterocycles. The molecule has 0 aliphatic carbocycles. The molecule has 0 saturated carbocycles. The average molecular weight is 173 g/mol. The zero-order chi connectivity index (χ0) is 9.23. The largest absolute Gasteiger partial charge is 0.330 e. The summed E-state index contributed by atoms with van der Waals surface area (Å²) in [5.74, 6) is 0. The number of hydrogen-bond acceptors (Lipinski definition) is 3. The van der Waals surface area contributed by atoms with Crippen LogP contribution in [0.25, 0.3) is 0 Å². The molecule has 0 fully saturated rings. The molecule has 0 radical (unpaired) electrons. The zero-order valence-electron chi connectivity index (χ0n) is 8.18. The molecule has 3 heteroatoms. The van der Waals surface area contributed by atoms with E-state index in [0.29, 0.717) is 0 Å². The number of unbranched alkanes of at least 4 members (excludes halogenated alkanes) is 3. The third-order valence-corrected chi connectivity index (χ3v) is 1.98. The van der Waals surface area contributed by atoms with Crippen LogP contribution in [0, 0.1) is 0 Å². The molecule has 0 amide bonds. The summed E-state index contributed by atoms with van der Waals surface area (Å²) in [5.41, 5.74) is 11.1. The number of hydrogen-bond donors (Lipinski definition) is 3. The van der Waals surface area contributed by atoms with Gasteiger partial charge in [-0.1, -0.05) is 19.8 Å². The van der Waals surface area contributed by atoms with Crippen LogP contribution in [-0.4, -0.2) is 19.3 Å². The molecule has 0 aromatic carbocycles. The van der Waals surface area contributed by atoms with E-state index < -0.39 is 0 Å². The van der Waals surface area contributed by atoms with Gasteiger partial charge in [0.25, 0.3) is 0 Å². The van der Waals surface area contributed by atoms with Gasteiger partial charge in [-0.05, 0) is 32.4 Å². The van der Waals surface area contributed by atoms with Crippen LogP contribution >= 0.6 is 0 Å². The van der Waals surface area contributed by atoms with E-state index in [4.69, 9.17) is 11.5 Å². The van der Waals surface area contributed by atoms with Crippen LogP contribution in [0.3, 0.4) is 0 Å². The van der Waals surface area contributed by atoms with E-state index in [1.54, 1.807) is 0 Å². The summed E-state index contributed by atoms with van der Waals surface area (Å²) in [6.07, 6.45) is 6.07. The van der Waals surface area contributed by atoms with Crippen molar-refractivity contribution in [3.63, 3.8) is 0 Å². The third kappa shape index (κ3) is 7.98. The molecule has 1 atom stereocenters. The Morgan fingerprint density at radius 2 is 1.83 bits per heavy atom. The first-order valence-corrected chi connectivity index (χ1v) is 5.00. The first-order chi connectivity index (χ1) is 5.81. The van der Waals surface area contributed by atoms with Crippen molar-refractivity contribution < 1.29 is 0 Å². The fourth-order valence-corrected chi connectivity index (χ4v) is 1.05. The van der Waals surface area contributed by atoms with Gasteiger partial charge in [0.05, 0.1) is 6.17 Å². The summed E-state index contributed by atoms with van der Waals surface area (Å²) in [6, 6.07) is 0. The molecule has 0 aliphatic heterocycles. The van der Waals surface area contributed by atoms with E-state index >= 15 is 0 Å². The Bertz CT molecular complexity index is 85.8. The predicted octanol–water partition coefficient (Wildman–Crippen LogP) is 0.790. The lowest BCUT2D eigenvalue weighted by molar-refractivity contribution is 0.492. The fraction of sp³-hybridized carbons (Fsp3) is 1.00. The van der Waals surface area contributed by atoms with Gasteiger partial charge in [-0.3, -0.25) is 0 Å². The molecule has 0 heterocycles. The standard InChI is InChI=1S/C9H23N3/c1-2-9(11)12-8-6-4-3-5-7-10/h9,12H,2-8,10-11H2,1H3. The van der Waals surface area contributed by atoms with Crippen molar-refractivity contribution in [2.45, 2.75) is 45.2 Å². The minimum atomic E-state index is 0.180. The SMILES string of the molecule is CCC(N)NCCCCCCN. The highest BCUT2D eigenvalue weighted by atomic mass is 15.0. The van der Waals surface area contributed by atoms with Crippen molar-refractivity contribution >= 4 is 0 Å². The predicted molar refractivity (Wildman–Crippen MR) is 53.8 cm³/mol. The van der Waals surface area contributed by atoms with Crippen LogP contribution in [0.2, 0.25) is 0 Å². The van der Waals surface area contributed by atoms with E-state index in [9.17, 15) is 0 Å².